The topological polar surface area (TPSA) is 130 Å². The van der Waals surface area contributed by atoms with E-state index < -0.39 is 4.92 Å². The molecule has 9 nitrogen and oxygen atoms in total. The van der Waals surface area contributed by atoms with E-state index in [0.29, 0.717) is 17.1 Å². The molecular formula is C27H20N6O3. The Hall–Kier alpha value is -5.23. The first-order valence-corrected chi connectivity index (χ1v) is 11.1. The van der Waals surface area contributed by atoms with Crippen LogP contribution in [0.25, 0.3) is 33.6 Å². The molecule has 0 saturated carbocycles. The summed E-state index contributed by atoms with van der Waals surface area (Å²) in [4.78, 5) is 31.2. The number of carbonyl (C=O) groups is 1. The fraction of sp³-hybridized carbons (Fsp3) is 0.0741. The van der Waals surface area contributed by atoms with E-state index in [1.54, 1.807) is 23.6 Å². The lowest BCUT2D eigenvalue weighted by atomic mass is 10.1. The van der Waals surface area contributed by atoms with Gasteiger partial charge in [0.1, 0.15) is 18.4 Å². The summed E-state index contributed by atoms with van der Waals surface area (Å²) in [5.74, 6) is 0.141. The minimum atomic E-state index is -0.498. The number of aromatic amines is 1. The molecule has 0 saturated heterocycles. The number of non-ortho nitro benzene ring substituents is 1. The van der Waals surface area contributed by atoms with Crippen molar-refractivity contribution in [2.75, 3.05) is 5.32 Å². The highest BCUT2D eigenvalue weighted by Crippen LogP contribution is 2.27. The first-order chi connectivity index (χ1) is 17.4. The number of H-pyrrole nitrogens is 1. The number of fused-ring (bicyclic) bond motifs is 2. The lowest BCUT2D eigenvalue weighted by molar-refractivity contribution is -0.384. The maximum atomic E-state index is 12.9. The normalized spacial score (nSPS) is 11.5. The Morgan fingerprint density at radius 3 is 2.75 bits per heavy atom. The van der Waals surface area contributed by atoms with Crippen molar-refractivity contribution in [3.63, 3.8) is 0 Å². The third kappa shape index (κ3) is 4.31. The number of carbonyl (C=O) groups excluding carboxylic acids is 1. The number of allylic oxidation sites excluding steroid dienone is 1. The molecule has 5 rings (SSSR count). The zero-order valence-electron chi connectivity index (χ0n) is 19.2. The number of nitrogens with one attached hydrogen (secondary N) is 2. The molecule has 0 fully saturated rings. The van der Waals surface area contributed by atoms with Crippen molar-refractivity contribution in [1.29, 1.82) is 5.26 Å². The van der Waals surface area contributed by atoms with Gasteiger partial charge < -0.3 is 14.9 Å². The molecule has 0 aliphatic carbocycles. The third-order valence-corrected chi connectivity index (χ3v) is 5.90. The van der Waals surface area contributed by atoms with Gasteiger partial charge in [-0.1, -0.05) is 36.4 Å². The number of aryl methyl sites for hydroxylation is 1. The summed E-state index contributed by atoms with van der Waals surface area (Å²) in [6, 6.07) is 21.7. The summed E-state index contributed by atoms with van der Waals surface area (Å²) in [5, 5.41) is 24.6. The highest BCUT2D eigenvalue weighted by atomic mass is 16.6. The summed E-state index contributed by atoms with van der Waals surface area (Å²) in [7, 11) is 0. The molecular weight excluding hydrogens is 456 g/mol. The van der Waals surface area contributed by atoms with Gasteiger partial charge in [0.15, 0.2) is 0 Å². The molecule has 0 aliphatic heterocycles. The molecule has 5 aromatic rings. The second kappa shape index (κ2) is 9.19. The average Bonchev–Trinajstić information content (AvgIpc) is 3.45. The molecule has 0 radical (unpaired) electrons. The van der Waals surface area contributed by atoms with Gasteiger partial charge in [-0.25, -0.2) is 4.98 Å². The van der Waals surface area contributed by atoms with E-state index in [1.807, 2.05) is 54.7 Å². The number of nitrogens with zero attached hydrogens (tertiary/aromatic N) is 4. The number of nitro benzene ring substituents is 1. The highest BCUT2D eigenvalue weighted by molar-refractivity contribution is 5.99. The van der Waals surface area contributed by atoms with Gasteiger partial charge >= 0.3 is 0 Å². The van der Waals surface area contributed by atoms with E-state index >= 15 is 0 Å². The van der Waals surface area contributed by atoms with Crippen LogP contribution in [0.3, 0.4) is 0 Å². The van der Waals surface area contributed by atoms with Crippen molar-refractivity contribution >= 4 is 50.9 Å². The van der Waals surface area contributed by atoms with E-state index in [-0.39, 0.29) is 18.1 Å². The van der Waals surface area contributed by atoms with Crippen LogP contribution in [0.1, 0.15) is 17.0 Å². The summed E-state index contributed by atoms with van der Waals surface area (Å²) in [5.41, 5.74) is 4.57. The van der Waals surface area contributed by atoms with E-state index in [0.717, 1.165) is 33.1 Å². The van der Waals surface area contributed by atoms with Gasteiger partial charge in [-0.3, -0.25) is 14.9 Å². The molecule has 0 bridgehead atoms. The number of amides is 1. The molecule has 1 amide bonds. The molecule has 9 heteroatoms. The summed E-state index contributed by atoms with van der Waals surface area (Å²) in [6.07, 6.45) is 3.56. The first kappa shape index (κ1) is 22.6. The van der Waals surface area contributed by atoms with Gasteiger partial charge in [0.25, 0.3) is 5.69 Å². The van der Waals surface area contributed by atoms with Crippen LogP contribution < -0.4 is 5.32 Å². The monoisotopic (exact) mass is 476 g/mol. The van der Waals surface area contributed by atoms with Gasteiger partial charge in [0, 0.05) is 34.8 Å². The van der Waals surface area contributed by atoms with E-state index in [2.05, 4.69) is 21.4 Å². The van der Waals surface area contributed by atoms with Crippen molar-refractivity contribution in [2.24, 2.45) is 0 Å². The van der Waals surface area contributed by atoms with Crippen LogP contribution in [-0.2, 0) is 11.3 Å². The average molecular weight is 476 g/mol. The number of nitriles is 1. The third-order valence-electron chi connectivity index (χ3n) is 5.90. The van der Waals surface area contributed by atoms with Crippen LogP contribution in [-0.4, -0.2) is 25.4 Å². The van der Waals surface area contributed by atoms with Crippen LogP contribution in [0, 0.1) is 28.4 Å². The number of rotatable bonds is 6. The predicted octanol–water partition coefficient (Wildman–Crippen LogP) is 5.44. The Labute approximate surface area is 205 Å². The number of anilines is 1. The Kier molecular flexibility index (Phi) is 5.76. The smallest absolute Gasteiger partial charge is 0.271 e. The van der Waals surface area contributed by atoms with Gasteiger partial charge in [0.2, 0.25) is 5.91 Å². The molecule has 2 heterocycles. The zero-order valence-corrected chi connectivity index (χ0v) is 19.2. The van der Waals surface area contributed by atoms with Crippen LogP contribution in [0.2, 0.25) is 0 Å². The molecule has 0 spiro atoms. The minimum Gasteiger partial charge on any atom is -0.337 e. The van der Waals surface area contributed by atoms with Crippen molar-refractivity contribution in [2.45, 2.75) is 13.5 Å². The number of para-hydroxylation sites is 3. The predicted molar refractivity (Wildman–Crippen MR) is 138 cm³/mol. The lowest BCUT2D eigenvalue weighted by Gasteiger charge is -2.09. The standard InChI is InChI=1S/C27H20N6O3/c1-17-10-11-20(33(35)36)13-24(17)29-26(34)16-32-15-19(21-6-2-5-9-25(21)32)12-18(14-28)27-30-22-7-3-4-8-23(22)31-27/h2-13,15H,16H2,1H3,(H,29,34)(H,30,31). The lowest BCUT2D eigenvalue weighted by Crippen LogP contribution is -2.18. The van der Waals surface area contributed by atoms with Gasteiger partial charge in [-0.2, -0.15) is 5.26 Å². The summed E-state index contributed by atoms with van der Waals surface area (Å²) in [6.45, 7) is 1.76. The SMILES string of the molecule is Cc1ccc([N+](=O)[O-])cc1NC(=O)Cn1cc(C=C(C#N)c2nc3ccccc3[nH]2)c2ccccc21. The van der Waals surface area contributed by atoms with Crippen molar-refractivity contribution in [3.8, 4) is 6.07 Å². The van der Waals surface area contributed by atoms with Gasteiger partial charge in [0.05, 0.1) is 27.2 Å². The second-order valence-corrected chi connectivity index (χ2v) is 8.31. The number of nitro groups is 1. The Balaban J connectivity index is 1.47. The summed E-state index contributed by atoms with van der Waals surface area (Å²) >= 11 is 0. The van der Waals surface area contributed by atoms with Crippen molar-refractivity contribution in [3.05, 3.63) is 100.0 Å². The van der Waals surface area contributed by atoms with Crippen LogP contribution in [0.5, 0.6) is 0 Å². The Morgan fingerprint density at radius 1 is 1.19 bits per heavy atom. The molecule has 0 unspecified atom stereocenters. The fourth-order valence-electron chi connectivity index (χ4n) is 4.11. The highest BCUT2D eigenvalue weighted by Gasteiger charge is 2.15. The van der Waals surface area contributed by atoms with E-state index in [9.17, 15) is 20.2 Å². The first-order valence-electron chi connectivity index (χ1n) is 11.1. The van der Waals surface area contributed by atoms with Crippen LogP contribution in [0.15, 0.2) is 72.9 Å². The molecule has 2 N–H and O–H groups in total. The van der Waals surface area contributed by atoms with E-state index in [1.165, 1.54) is 12.1 Å². The quantitative estimate of drug-likeness (QED) is 0.192. The summed E-state index contributed by atoms with van der Waals surface area (Å²) < 4.78 is 1.79. The molecule has 36 heavy (non-hydrogen) atoms. The maximum absolute atomic E-state index is 12.9. The molecule has 0 aliphatic rings. The molecule has 176 valence electrons. The molecule has 0 atom stereocenters. The number of hydrogen-bond donors (Lipinski definition) is 2. The van der Waals surface area contributed by atoms with Crippen molar-refractivity contribution < 1.29 is 9.72 Å². The number of hydrogen-bond acceptors (Lipinski definition) is 5. The second-order valence-electron chi connectivity index (χ2n) is 8.31. The Bertz CT molecular complexity index is 1690. The minimum absolute atomic E-state index is 0.0109. The largest absolute Gasteiger partial charge is 0.337 e. The van der Waals surface area contributed by atoms with Crippen LogP contribution in [0.4, 0.5) is 11.4 Å². The number of benzene rings is 3. The maximum Gasteiger partial charge on any atom is 0.271 e. The molecule has 3 aromatic carbocycles. The van der Waals surface area contributed by atoms with Crippen molar-refractivity contribution in [1.82, 2.24) is 14.5 Å². The zero-order chi connectivity index (χ0) is 25.2. The van der Waals surface area contributed by atoms with Crippen LogP contribution >= 0.6 is 0 Å². The number of aromatic nitrogens is 3. The van der Waals surface area contributed by atoms with Gasteiger partial charge in [-0.05, 0) is 36.8 Å². The van der Waals surface area contributed by atoms with E-state index in [4.69, 9.17) is 0 Å². The fourth-order valence-corrected chi connectivity index (χ4v) is 4.11. The number of imidazole rings is 1. The van der Waals surface area contributed by atoms with Gasteiger partial charge in [-0.15, -0.1) is 0 Å². The Morgan fingerprint density at radius 2 is 1.97 bits per heavy atom. The molecule has 2 aromatic heterocycles.